The van der Waals surface area contributed by atoms with Gasteiger partial charge in [0.15, 0.2) is 11.6 Å². The van der Waals surface area contributed by atoms with Crippen molar-refractivity contribution in [1.82, 2.24) is 40.8 Å². The fourth-order valence-electron chi connectivity index (χ4n) is 3.15. The third kappa shape index (κ3) is 22.5. The van der Waals surface area contributed by atoms with E-state index in [2.05, 4.69) is 35.9 Å². The molecule has 54 heavy (non-hydrogen) atoms. The number of hydrogen-bond acceptors (Lipinski definition) is 23. The molecule has 3 aromatic heterocycles. The third-order valence-corrected chi connectivity index (χ3v) is 12.7. The summed E-state index contributed by atoms with van der Waals surface area (Å²) in [7, 11) is -11.4. The number of nitrogens with two attached hydrogens (primary N) is 4. The first kappa shape index (κ1) is 49.9. The summed E-state index contributed by atoms with van der Waals surface area (Å²) >= 11 is 17.1. The second-order valence-corrected chi connectivity index (χ2v) is 19.1. The van der Waals surface area contributed by atoms with Gasteiger partial charge >= 0.3 is 0 Å². The molecular weight excluding hydrogens is 907 g/mol. The molecule has 0 atom stereocenters. The average molecular weight is 942 g/mol. The molecule has 0 aromatic carbocycles. The first-order chi connectivity index (χ1) is 25.1. The van der Waals surface area contributed by atoms with E-state index in [0.29, 0.717) is 29.8 Å². The first-order valence-electron chi connectivity index (χ1n) is 14.4. The highest BCUT2D eigenvalue weighted by Crippen LogP contribution is 2.16. The van der Waals surface area contributed by atoms with Crippen molar-refractivity contribution in [3.8, 4) is 0 Å². The summed E-state index contributed by atoms with van der Waals surface area (Å²) in [6.45, 7) is 6.85. The minimum absolute atomic E-state index is 0.0172. The Morgan fingerprint density at radius 3 is 1.37 bits per heavy atom. The molecule has 2 aliphatic heterocycles. The van der Waals surface area contributed by atoms with Crippen LogP contribution in [0.3, 0.4) is 0 Å². The summed E-state index contributed by atoms with van der Waals surface area (Å²) in [5, 5.41) is 38.3. The van der Waals surface area contributed by atoms with Crippen LogP contribution in [0.1, 0.15) is 10.0 Å². The quantitative estimate of drug-likeness (QED) is 0.0982. The number of nitrogen functional groups attached to an aromatic ring is 1. The number of alkyl halides is 2. The molecular formula is C22H35Cl3N12O11S6. The van der Waals surface area contributed by atoms with Gasteiger partial charge in [-0.2, -0.15) is 0 Å². The summed E-state index contributed by atoms with van der Waals surface area (Å²) < 4.78 is 73.9. The SMILES string of the molecule is C1COCCN1.NS(=O)(=O)c1nnc(CC(=O)CCl)s1.NS(=O)(=O)c1nnc(CC(=O)CN2CCOCC2)s1.Nc1nnc(S(N)(=O)=O)s1.O=C(Cl)CCl. The lowest BCUT2D eigenvalue weighted by atomic mass is 10.2. The molecule has 2 fully saturated rings. The Hall–Kier alpha value is -2.07. The zero-order valence-corrected chi connectivity index (χ0v) is 34.9. The van der Waals surface area contributed by atoms with Gasteiger partial charge in [-0.1, -0.05) is 34.0 Å². The normalized spacial score (nSPS) is 14.7. The lowest BCUT2D eigenvalue weighted by Crippen LogP contribution is -2.39. The highest BCUT2D eigenvalue weighted by atomic mass is 35.5. The smallest absolute Gasteiger partial charge is 0.267 e. The van der Waals surface area contributed by atoms with Gasteiger partial charge < -0.3 is 20.5 Å². The monoisotopic (exact) mass is 940 g/mol. The summed E-state index contributed by atoms with van der Waals surface area (Å²) in [5.74, 6) is -0.505. The number of nitrogens with one attached hydrogen (secondary N) is 1. The molecule has 3 aromatic rings. The predicted molar refractivity (Wildman–Crippen MR) is 199 cm³/mol. The number of Topliss-reactive ketones (excluding diaryl/α,β-unsaturated/α-hetero) is 2. The summed E-state index contributed by atoms with van der Waals surface area (Å²) in [5.41, 5.74) is 5.10. The lowest BCUT2D eigenvalue weighted by Gasteiger charge is -2.25. The van der Waals surface area contributed by atoms with Gasteiger partial charge in [-0.3, -0.25) is 19.3 Å². The van der Waals surface area contributed by atoms with E-state index in [4.69, 9.17) is 65.4 Å². The number of anilines is 1. The van der Waals surface area contributed by atoms with Crippen LogP contribution in [-0.4, -0.2) is 148 Å². The zero-order chi connectivity index (χ0) is 41.0. The van der Waals surface area contributed by atoms with Crippen molar-refractivity contribution in [1.29, 1.82) is 0 Å². The molecule has 2 saturated heterocycles. The molecule has 2 aliphatic rings. The number of ether oxygens (including phenoxy) is 2. The van der Waals surface area contributed by atoms with E-state index in [-0.39, 0.29) is 54.3 Å². The van der Waals surface area contributed by atoms with E-state index in [0.717, 1.165) is 73.4 Å². The van der Waals surface area contributed by atoms with Gasteiger partial charge in [-0.05, 0) is 11.6 Å². The van der Waals surface area contributed by atoms with Crippen LogP contribution in [0.5, 0.6) is 0 Å². The molecule has 23 nitrogen and oxygen atoms in total. The second-order valence-electron chi connectivity index (χ2n) is 9.77. The molecule has 32 heteroatoms. The highest BCUT2D eigenvalue weighted by molar-refractivity contribution is 7.91. The Bertz CT molecular complexity index is 1940. The molecule has 0 spiro atoms. The molecule has 9 N–H and O–H groups in total. The van der Waals surface area contributed by atoms with Crippen LogP contribution >= 0.6 is 68.8 Å². The third-order valence-electron chi connectivity index (χ3n) is 5.35. The number of primary sulfonamides is 3. The predicted octanol–water partition coefficient (Wildman–Crippen LogP) is -2.47. The molecule has 0 saturated carbocycles. The summed E-state index contributed by atoms with van der Waals surface area (Å²) in [6, 6.07) is 0. The van der Waals surface area contributed by atoms with Gasteiger partial charge in [0.05, 0.1) is 57.6 Å². The van der Waals surface area contributed by atoms with Gasteiger partial charge in [-0.25, -0.2) is 40.7 Å². The van der Waals surface area contributed by atoms with Crippen LogP contribution in [0.25, 0.3) is 0 Å². The molecule has 5 rings (SSSR count). The van der Waals surface area contributed by atoms with Crippen molar-refractivity contribution in [2.75, 3.05) is 76.6 Å². The lowest BCUT2D eigenvalue weighted by molar-refractivity contribution is -0.120. The Morgan fingerprint density at radius 2 is 1.07 bits per heavy atom. The van der Waals surface area contributed by atoms with E-state index in [1.807, 2.05) is 4.90 Å². The van der Waals surface area contributed by atoms with Crippen molar-refractivity contribution < 1.29 is 49.1 Å². The maximum atomic E-state index is 11.8. The minimum atomic E-state index is -3.84. The Labute approximate surface area is 336 Å². The minimum Gasteiger partial charge on any atom is -0.379 e. The van der Waals surface area contributed by atoms with Gasteiger partial charge in [0.2, 0.25) is 23.4 Å². The van der Waals surface area contributed by atoms with Crippen molar-refractivity contribution in [3.05, 3.63) is 10.0 Å². The molecule has 0 amide bonds. The van der Waals surface area contributed by atoms with Crippen molar-refractivity contribution in [3.63, 3.8) is 0 Å². The molecule has 306 valence electrons. The fourth-order valence-corrected chi connectivity index (χ4v) is 7.47. The van der Waals surface area contributed by atoms with E-state index >= 15 is 0 Å². The topological polar surface area (TPSA) is 369 Å². The van der Waals surface area contributed by atoms with Crippen LogP contribution in [0.2, 0.25) is 0 Å². The van der Waals surface area contributed by atoms with Crippen molar-refractivity contribution in [2.24, 2.45) is 15.4 Å². The Morgan fingerprint density at radius 1 is 0.667 bits per heavy atom. The molecule has 0 aliphatic carbocycles. The van der Waals surface area contributed by atoms with Crippen LogP contribution in [0.15, 0.2) is 13.0 Å². The Kier molecular flexibility index (Phi) is 23.3. The maximum absolute atomic E-state index is 11.8. The second kappa shape index (κ2) is 25.2. The summed E-state index contributed by atoms with van der Waals surface area (Å²) in [4.78, 5) is 34.1. The standard InChI is InChI=1S/C9H14N4O4S2.C5H6ClN3O3S2.C4H9NO.C2H2Cl2O.C2H4N4O2S2/c10-19(15,16)9-12-11-8(18-9)5-7(14)6-13-1-3-17-4-2-13;6-2-3(10)1-4-8-9-5(13-4)14(7,11)12;1-3-6-4-2-5-1;3-1-2(4)5;3-1-5-6-2(9-1)10(4,7)8/h1-6H2,(H2,10,15,16);1-2H2,(H2,7,11,12);5H,1-4H2;1H2;(H2,3,5)(H2,4,7,8). The summed E-state index contributed by atoms with van der Waals surface area (Å²) in [6.07, 6.45) is 0.0568. The number of rotatable bonds is 11. The van der Waals surface area contributed by atoms with Crippen LogP contribution in [0.4, 0.5) is 5.13 Å². The molecule has 5 heterocycles. The van der Waals surface area contributed by atoms with E-state index in [9.17, 15) is 39.6 Å². The van der Waals surface area contributed by atoms with Crippen molar-refractivity contribution >= 4 is 121 Å². The number of nitrogens with zero attached hydrogens (tertiary/aromatic N) is 7. The van der Waals surface area contributed by atoms with E-state index in [1.54, 1.807) is 0 Å². The number of carbonyl (C=O) groups is 3. The molecule has 0 unspecified atom stereocenters. The van der Waals surface area contributed by atoms with Gasteiger partial charge in [0.25, 0.3) is 30.1 Å². The first-order valence-corrected chi connectivity index (χ1v) is 22.9. The van der Waals surface area contributed by atoms with Gasteiger partial charge in [0.1, 0.15) is 10.0 Å². The fraction of sp³-hybridized carbons (Fsp3) is 0.591. The molecule has 0 radical (unpaired) electrons. The van der Waals surface area contributed by atoms with Gasteiger partial charge in [0, 0.05) is 26.2 Å². The zero-order valence-electron chi connectivity index (χ0n) is 27.7. The number of hydrogen-bond donors (Lipinski definition) is 5. The largest absolute Gasteiger partial charge is 0.379 e. The van der Waals surface area contributed by atoms with Crippen LogP contribution in [0, 0.1) is 0 Å². The van der Waals surface area contributed by atoms with Gasteiger partial charge in [-0.15, -0.1) is 53.8 Å². The van der Waals surface area contributed by atoms with Crippen LogP contribution < -0.4 is 26.5 Å². The number of aromatic nitrogens is 6. The van der Waals surface area contributed by atoms with E-state index in [1.165, 1.54) is 0 Å². The molecule has 0 bridgehead atoms. The number of carbonyl (C=O) groups excluding carboxylic acids is 3. The van der Waals surface area contributed by atoms with E-state index < -0.39 is 35.3 Å². The number of sulfonamides is 3. The number of halogens is 3. The van der Waals surface area contributed by atoms with Crippen molar-refractivity contribution in [2.45, 2.75) is 25.9 Å². The number of ketones is 2. The Balaban J connectivity index is 0.000000366. The van der Waals surface area contributed by atoms with Crippen LogP contribution in [-0.2, 0) is 66.8 Å². The maximum Gasteiger partial charge on any atom is 0.267 e. The average Bonchev–Trinajstić information content (AvgIpc) is 3.89. The number of morpholine rings is 2. The highest BCUT2D eigenvalue weighted by Gasteiger charge is 2.19.